The van der Waals surface area contributed by atoms with Crippen LogP contribution in [0.3, 0.4) is 0 Å². The topological polar surface area (TPSA) is 108 Å². The first-order chi connectivity index (χ1) is 12.0. The zero-order chi connectivity index (χ0) is 18.1. The summed E-state index contributed by atoms with van der Waals surface area (Å²) in [4.78, 5) is 33.7. The minimum absolute atomic E-state index is 0.299. The van der Waals surface area contributed by atoms with Gasteiger partial charge in [-0.25, -0.2) is 4.79 Å². The molecule has 2 amide bonds. The molecule has 0 fully saturated rings. The lowest BCUT2D eigenvalue weighted by molar-refractivity contribution is -0.127. The molecule has 2 rings (SSSR count). The molecule has 2 aromatic carbocycles. The number of nitrogens with one attached hydrogen (secondary N) is 1. The van der Waals surface area contributed by atoms with Crippen molar-refractivity contribution in [1.29, 1.82) is 0 Å². The van der Waals surface area contributed by atoms with E-state index in [1.165, 1.54) is 0 Å². The number of rotatable bonds is 8. The highest BCUT2D eigenvalue weighted by Gasteiger charge is 2.10. The summed E-state index contributed by atoms with van der Waals surface area (Å²) in [5.74, 6) is -1.15. The number of hydrogen-bond acceptors (Lipinski definition) is 5. The number of hydrogen-bond donors (Lipinski definition) is 2. The first-order valence-corrected chi connectivity index (χ1v) is 7.53. The standard InChI is InChI=1S/C18H18N2O5/c19-16(21)10-20-17(22)12-25-18(23)14-8-6-13(7-9-14)11-24-15-4-2-1-3-5-15/h1-9H,10-12H2,(H2,19,21)(H,20,22). The summed E-state index contributed by atoms with van der Waals surface area (Å²) in [6.45, 7) is -0.410. The van der Waals surface area contributed by atoms with E-state index in [1.807, 2.05) is 30.3 Å². The smallest absolute Gasteiger partial charge is 0.338 e. The van der Waals surface area contributed by atoms with Crippen LogP contribution in [-0.4, -0.2) is 30.9 Å². The van der Waals surface area contributed by atoms with Crippen LogP contribution < -0.4 is 15.8 Å². The van der Waals surface area contributed by atoms with Gasteiger partial charge in [-0.15, -0.1) is 0 Å². The van der Waals surface area contributed by atoms with E-state index in [4.69, 9.17) is 15.2 Å². The Morgan fingerprint density at radius 3 is 2.28 bits per heavy atom. The molecule has 0 radical (unpaired) electrons. The summed E-state index contributed by atoms with van der Waals surface area (Å²) in [7, 11) is 0. The van der Waals surface area contributed by atoms with E-state index >= 15 is 0 Å². The van der Waals surface area contributed by atoms with Crippen LogP contribution in [0.2, 0.25) is 0 Å². The number of benzene rings is 2. The van der Waals surface area contributed by atoms with Crippen LogP contribution in [-0.2, 0) is 20.9 Å². The van der Waals surface area contributed by atoms with Crippen LogP contribution >= 0.6 is 0 Å². The molecule has 3 N–H and O–H groups in total. The monoisotopic (exact) mass is 342 g/mol. The van der Waals surface area contributed by atoms with Gasteiger partial charge in [0.1, 0.15) is 12.4 Å². The third-order valence-electron chi connectivity index (χ3n) is 3.13. The van der Waals surface area contributed by atoms with Crippen molar-refractivity contribution >= 4 is 17.8 Å². The first kappa shape index (κ1) is 18.0. The van der Waals surface area contributed by atoms with E-state index in [0.29, 0.717) is 12.2 Å². The molecule has 0 unspecified atom stereocenters. The molecule has 0 aliphatic rings. The fourth-order valence-corrected chi connectivity index (χ4v) is 1.87. The summed E-state index contributed by atoms with van der Waals surface area (Å²) < 4.78 is 10.5. The van der Waals surface area contributed by atoms with Gasteiger partial charge in [0, 0.05) is 0 Å². The van der Waals surface area contributed by atoms with Crippen molar-refractivity contribution in [2.75, 3.05) is 13.2 Å². The molecular formula is C18H18N2O5. The number of primary amides is 1. The number of ether oxygens (including phenoxy) is 2. The third kappa shape index (κ3) is 6.34. The molecule has 0 atom stereocenters. The highest BCUT2D eigenvalue weighted by molar-refractivity contribution is 5.91. The van der Waals surface area contributed by atoms with Gasteiger partial charge in [-0.3, -0.25) is 9.59 Å². The van der Waals surface area contributed by atoms with Gasteiger partial charge >= 0.3 is 5.97 Å². The largest absolute Gasteiger partial charge is 0.489 e. The Labute approximate surface area is 144 Å². The van der Waals surface area contributed by atoms with E-state index in [-0.39, 0.29) is 6.54 Å². The maximum absolute atomic E-state index is 11.9. The van der Waals surface area contributed by atoms with Gasteiger partial charge in [-0.1, -0.05) is 30.3 Å². The average Bonchev–Trinajstić information content (AvgIpc) is 2.64. The van der Waals surface area contributed by atoms with Gasteiger partial charge in [0.2, 0.25) is 5.91 Å². The summed E-state index contributed by atoms with van der Waals surface area (Å²) in [6, 6.07) is 16.0. The van der Waals surface area contributed by atoms with Gasteiger partial charge in [0.25, 0.3) is 5.91 Å². The Bertz CT molecular complexity index is 729. The van der Waals surface area contributed by atoms with Crippen LogP contribution in [0.1, 0.15) is 15.9 Å². The summed E-state index contributed by atoms with van der Waals surface area (Å²) in [6.07, 6.45) is 0. The second-order valence-corrected chi connectivity index (χ2v) is 5.12. The Morgan fingerprint density at radius 2 is 1.64 bits per heavy atom. The maximum Gasteiger partial charge on any atom is 0.338 e. The van der Waals surface area contributed by atoms with Gasteiger partial charge < -0.3 is 20.5 Å². The van der Waals surface area contributed by atoms with Crippen LogP contribution in [0.25, 0.3) is 0 Å². The molecule has 0 aliphatic carbocycles. The first-order valence-electron chi connectivity index (χ1n) is 7.53. The molecule has 0 aliphatic heterocycles. The molecular weight excluding hydrogens is 324 g/mol. The van der Waals surface area contributed by atoms with Crippen molar-refractivity contribution in [3.8, 4) is 5.75 Å². The Hall–Kier alpha value is -3.35. The van der Waals surface area contributed by atoms with Crippen molar-refractivity contribution in [3.63, 3.8) is 0 Å². The lowest BCUT2D eigenvalue weighted by Crippen LogP contribution is -2.35. The molecule has 0 saturated carbocycles. The Morgan fingerprint density at radius 1 is 0.960 bits per heavy atom. The van der Waals surface area contributed by atoms with Crippen LogP contribution in [0.4, 0.5) is 0 Å². The second kappa shape index (κ2) is 9.07. The fourth-order valence-electron chi connectivity index (χ4n) is 1.87. The minimum atomic E-state index is -0.673. The average molecular weight is 342 g/mol. The van der Waals surface area contributed by atoms with E-state index in [0.717, 1.165) is 11.3 Å². The number of para-hydroxylation sites is 1. The van der Waals surface area contributed by atoms with E-state index in [1.54, 1.807) is 24.3 Å². The van der Waals surface area contributed by atoms with E-state index in [2.05, 4.69) is 5.32 Å². The number of carbonyl (C=O) groups is 3. The van der Waals surface area contributed by atoms with E-state index < -0.39 is 24.4 Å². The van der Waals surface area contributed by atoms with Crippen LogP contribution in [0.5, 0.6) is 5.75 Å². The highest BCUT2D eigenvalue weighted by atomic mass is 16.5. The molecule has 0 heterocycles. The number of nitrogens with two attached hydrogens (primary N) is 1. The number of carbonyl (C=O) groups excluding carboxylic acids is 3. The summed E-state index contributed by atoms with van der Waals surface area (Å²) >= 11 is 0. The molecule has 0 bridgehead atoms. The van der Waals surface area contributed by atoms with Gasteiger partial charge in [0.15, 0.2) is 6.61 Å². The predicted molar refractivity (Wildman–Crippen MR) is 89.7 cm³/mol. The number of esters is 1. The quantitative estimate of drug-likeness (QED) is 0.697. The molecule has 25 heavy (non-hydrogen) atoms. The lowest BCUT2D eigenvalue weighted by Gasteiger charge is -2.07. The van der Waals surface area contributed by atoms with Gasteiger partial charge in [0.05, 0.1) is 12.1 Å². The van der Waals surface area contributed by atoms with Crippen molar-refractivity contribution in [1.82, 2.24) is 5.32 Å². The normalized spacial score (nSPS) is 9.92. The van der Waals surface area contributed by atoms with Crippen molar-refractivity contribution in [2.24, 2.45) is 5.73 Å². The third-order valence-corrected chi connectivity index (χ3v) is 3.13. The number of amides is 2. The molecule has 7 nitrogen and oxygen atoms in total. The van der Waals surface area contributed by atoms with Crippen molar-refractivity contribution in [2.45, 2.75) is 6.61 Å². The van der Waals surface area contributed by atoms with Crippen LogP contribution in [0.15, 0.2) is 54.6 Å². The Kier molecular flexibility index (Phi) is 6.53. The van der Waals surface area contributed by atoms with Gasteiger partial charge in [-0.2, -0.15) is 0 Å². The Balaban J connectivity index is 1.79. The zero-order valence-electron chi connectivity index (χ0n) is 13.4. The lowest BCUT2D eigenvalue weighted by atomic mass is 10.1. The van der Waals surface area contributed by atoms with Crippen molar-refractivity contribution < 1.29 is 23.9 Å². The molecule has 0 aromatic heterocycles. The van der Waals surface area contributed by atoms with Crippen molar-refractivity contribution in [3.05, 3.63) is 65.7 Å². The molecule has 130 valence electrons. The zero-order valence-corrected chi connectivity index (χ0v) is 13.4. The molecule has 0 spiro atoms. The van der Waals surface area contributed by atoms with Gasteiger partial charge in [-0.05, 0) is 29.8 Å². The SMILES string of the molecule is NC(=O)CNC(=O)COC(=O)c1ccc(COc2ccccc2)cc1. The second-order valence-electron chi connectivity index (χ2n) is 5.12. The maximum atomic E-state index is 11.9. The highest BCUT2D eigenvalue weighted by Crippen LogP contribution is 2.12. The molecule has 7 heteroatoms. The van der Waals surface area contributed by atoms with Crippen LogP contribution in [0, 0.1) is 0 Å². The summed E-state index contributed by atoms with van der Waals surface area (Å²) in [5.41, 5.74) is 6.09. The molecule has 2 aromatic rings. The summed E-state index contributed by atoms with van der Waals surface area (Å²) in [5, 5.41) is 2.22. The predicted octanol–water partition coefficient (Wildman–Crippen LogP) is 1.02. The fraction of sp³-hybridized carbons (Fsp3) is 0.167. The minimum Gasteiger partial charge on any atom is -0.489 e. The van der Waals surface area contributed by atoms with E-state index in [9.17, 15) is 14.4 Å². The molecule has 0 saturated heterocycles.